The monoisotopic (exact) mass is 344 g/mol. The largest absolute Gasteiger partial charge is 0.489 e. The topological polar surface area (TPSA) is 81.9 Å². The van der Waals surface area contributed by atoms with Crippen LogP contribution in [0.15, 0.2) is 33.9 Å². The molecule has 0 bridgehead atoms. The van der Waals surface area contributed by atoms with E-state index in [1.807, 2.05) is 0 Å². The molecule has 1 aliphatic rings. The number of rotatable bonds is 3. The zero-order valence-corrected chi connectivity index (χ0v) is 13.2. The highest BCUT2D eigenvalue weighted by atomic mass is 35.5. The van der Waals surface area contributed by atoms with Crippen molar-refractivity contribution in [2.75, 3.05) is 24.6 Å². The lowest BCUT2D eigenvalue weighted by Gasteiger charge is -2.18. The SMILES string of the molecule is CN(c1ccon1)S(=O)(=O)c1cc(Cl)c2c(c1)OCCCO2. The van der Waals surface area contributed by atoms with E-state index in [4.69, 9.17) is 21.1 Å². The molecule has 0 unspecified atom stereocenters. The molecule has 9 heteroatoms. The number of halogens is 1. The fourth-order valence-electron chi connectivity index (χ4n) is 2.01. The zero-order valence-electron chi connectivity index (χ0n) is 11.7. The maximum Gasteiger partial charge on any atom is 0.265 e. The molecule has 3 rings (SSSR count). The van der Waals surface area contributed by atoms with Gasteiger partial charge in [-0.1, -0.05) is 16.8 Å². The average molecular weight is 345 g/mol. The first kappa shape index (κ1) is 15.0. The maximum absolute atomic E-state index is 12.6. The lowest BCUT2D eigenvalue weighted by Crippen LogP contribution is -2.26. The summed E-state index contributed by atoms with van der Waals surface area (Å²) >= 11 is 6.13. The molecule has 22 heavy (non-hydrogen) atoms. The molecule has 0 fully saturated rings. The van der Waals surface area contributed by atoms with Crippen LogP contribution in [0.4, 0.5) is 5.82 Å². The maximum atomic E-state index is 12.6. The Bertz CT molecular complexity index is 776. The van der Waals surface area contributed by atoms with Gasteiger partial charge in [0.2, 0.25) is 0 Å². The summed E-state index contributed by atoms with van der Waals surface area (Å²) in [5, 5.41) is 3.80. The zero-order chi connectivity index (χ0) is 15.7. The number of sulfonamides is 1. The number of hydrogen-bond acceptors (Lipinski definition) is 6. The number of benzene rings is 1. The van der Waals surface area contributed by atoms with Crippen LogP contribution in [-0.2, 0) is 10.0 Å². The normalized spacial score (nSPS) is 14.5. The van der Waals surface area contributed by atoms with E-state index in [0.29, 0.717) is 31.1 Å². The minimum atomic E-state index is -3.84. The van der Waals surface area contributed by atoms with Gasteiger partial charge in [0.05, 0.1) is 23.1 Å². The predicted molar refractivity (Wildman–Crippen MR) is 79.2 cm³/mol. The van der Waals surface area contributed by atoms with Crippen LogP contribution in [0.2, 0.25) is 5.02 Å². The van der Waals surface area contributed by atoms with Gasteiger partial charge < -0.3 is 14.0 Å². The third-order valence-electron chi connectivity index (χ3n) is 3.18. The molecular weight excluding hydrogens is 332 g/mol. The number of aromatic nitrogens is 1. The molecule has 0 saturated heterocycles. The quantitative estimate of drug-likeness (QED) is 0.849. The molecule has 1 aromatic carbocycles. The Morgan fingerprint density at radius 2 is 2.05 bits per heavy atom. The fourth-order valence-corrected chi connectivity index (χ4v) is 3.52. The van der Waals surface area contributed by atoms with Crippen molar-refractivity contribution in [3.63, 3.8) is 0 Å². The molecular formula is C13H13ClN2O5S. The lowest BCUT2D eigenvalue weighted by molar-refractivity contribution is 0.297. The second kappa shape index (κ2) is 5.69. The molecule has 0 saturated carbocycles. The van der Waals surface area contributed by atoms with Crippen molar-refractivity contribution in [2.24, 2.45) is 0 Å². The third kappa shape index (κ3) is 2.59. The molecule has 0 N–H and O–H groups in total. The Hall–Kier alpha value is -1.93. The van der Waals surface area contributed by atoms with Crippen LogP contribution in [0.5, 0.6) is 11.5 Å². The van der Waals surface area contributed by atoms with Gasteiger partial charge in [0.15, 0.2) is 17.3 Å². The van der Waals surface area contributed by atoms with Gasteiger partial charge >= 0.3 is 0 Å². The van der Waals surface area contributed by atoms with Gasteiger partial charge in [-0.3, -0.25) is 4.31 Å². The number of ether oxygens (including phenoxy) is 2. The summed E-state index contributed by atoms with van der Waals surface area (Å²) < 4.78 is 42.0. The van der Waals surface area contributed by atoms with Crippen LogP contribution < -0.4 is 13.8 Å². The second-order valence-corrected chi connectivity index (χ2v) is 6.99. The highest BCUT2D eigenvalue weighted by Crippen LogP contribution is 2.39. The van der Waals surface area contributed by atoms with Crippen LogP contribution in [0.1, 0.15) is 6.42 Å². The Labute approximate surface area is 132 Å². The van der Waals surface area contributed by atoms with Gasteiger partial charge in [-0.25, -0.2) is 8.42 Å². The highest BCUT2D eigenvalue weighted by molar-refractivity contribution is 7.92. The van der Waals surface area contributed by atoms with Crippen molar-refractivity contribution in [3.05, 3.63) is 29.5 Å². The van der Waals surface area contributed by atoms with Gasteiger partial charge in [0, 0.05) is 25.6 Å². The Morgan fingerprint density at radius 1 is 1.27 bits per heavy atom. The lowest BCUT2D eigenvalue weighted by atomic mass is 10.3. The van der Waals surface area contributed by atoms with Gasteiger partial charge in [0.25, 0.3) is 10.0 Å². The number of fused-ring (bicyclic) bond motifs is 1. The van der Waals surface area contributed by atoms with Crippen molar-refractivity contribution in [1.82, 2.24) is 5.16 Å². The van der Waals surface area contributed by atoms with E-state index in [2.05, 4.69) is 9.68 Å². The van der Waals surface area contributed by atoms with Gasteiger partial charge in [0.1, 0.15) is 6.26 Å². The first-order chi connectivity index (χ1) is 10.5. The Balaban J connectivity index is 2.04. The summed E-state index contributed by atoms with van der Waals surface area (Å²) in [7, 11) is -2.46. The number of hydrogen-bond donors (Lipinski definition) is 0. The van der Waals surface area contributed by atoms with Crippen molar-refractivity contribution in [3.8, 4) is 11.5 Å². The summed E-state index contributed by atoms with van der Waals surface area (Å²) in [5.41, 5.74) is 0. The molecule has 0 amide bonds. The first-order valence-electron chi connectivity index (χ1n) is 6.48. The fraction of sp³-hybridized carbons (Fsp3) is 0.308. The number of nitrogens with zero attached hydrogens (tertiary/aromatic N) is 2. The second-order valence-electron chi connectivity index (χ2n) is 4.61. The Morgan fingerprint density at radius 3 is 2.77 bits per heavy atom. The molecule has 0 radical (unpaired) electrons. The summed E-state index contributed by atoms with van der Waals surface area (Å²) in [6, 6.07) is 4.18. The first-order valence-corrected chi connectivity index (χ1v) is 8.30. The summed E-state index contributed by atoms with van der Waals surface area (Å²) in [6.07, 6.45) is 1.99. The molecule has 1 aliphatic heterocycles. The van der Waals surface area contributed by atoms with Crippen LogP contribution >= 0.6 is 11.6 Å². The molecule has 0 spiro atoms. The van der Waals surface area contributed by atoms with Gasteiger partial charge in [-0.15, -0.1) is 0 Å². The van der Waals surface area contributed by atoms with Crippen LogP contribution in [0.3, 0.4) is 0 Å². The van der Waals surface area contributed by atoms with E-state index in [1.54, 1.807) is 0 Å². The standard InChI is InChI=1S/C13H13ClN2O5S/c1-16(12-3-6-21-15-12)22(17,18)9-7-10(14)13-11(8-9)19-4-2-5-20-13/h3,6-8H,2,4-5H2,1H3. The van der Waals surface area contributed by atoms with Gasteiger partial charge in [-0.05, 0) is 6.07 Å². The molecule has 0 atom stereocenters. The van der Waals surface area contributed by atoms with E-state index in [-0.39, 0.29) is 15.7 Å². The van der Waals surface area contributed by atoms with E-state index in [9.17, 15) is 8.42 Å². The van der Waals surface area contributed by atoms with Crippen LogP contribution in [0, 0.1) is 0 Å². The average Bonchev–Trinajstić information content (AvgIpc) is 2.91. The van der Waals surface area contributed by atoms with Crippen molar-refractivity contribution < 1.29 is 22.4 Å². The smallest absolute Gasteiger partial charge is 0.265 e. The highest BCUT2D eigenvalue weighted by Gasteiger charge is 2.27. The van der Waals surface area contributed by atoms with E-state index in [0.717, 1.165) is 4.31 Å². The minimum absolute atomic E-state index is 0.00718. The summed E-state index contributed by atoms with van der Waals surface area (Å²) in [6.45, 7) is 0.906. The molecule has 7 nitrogen and oxygen atoms in total. The predicted octanol–water partition coefficient (Wildman–Crippen LogP) is 2.31. The van der Waals surface area contributed by atoms with E-state index in [1.165, 1.54) is 31.5 Å². The molecule has 0 aliphatic carbocycles. The number of anilines is 1. The molecule has 2 aromatic rings. The van der Waals surface area contributed by atoms with Gasteiger partial charge in [-0.2, -0.15) is 0 Å². The Kier molecular flexibility index (Phi) is 3.88. The van der Waals surface area contributed by atoms with Crippen molar-refractivity contribution in [2.45, 2.75) is 11.3 Å². The van der Waals surface area contributed by atoms with E-state index < -0.39 is 10.0 Å². The third-order valence-corrected chi connectivity index (χ3v) is 5.20. The van der Waals surface area contributed by atoms with E-state index >= 15 is 0 Å². The van der Waals surface area contributed by atoms with Crippen LogP contribution in [-0.4, -0.2) is 33.8 Å². The molecule has 1 aromatic heterocycles. The summed E-state index contributed by atoms with van der Waals surface area (Å²) in [4.78, 5) is -0.00718. The molecule has 2 heterocycles. The van der Waals surface area contributed by atoms with Crippen molar-refractivity contribution >= 4 is 27.4 Å². The van der Waals surface area contributed by atoms with Crippen LogP contribution in [0.25, 0.3) is 0 Å². The summed E-state index contributed by atoms with van der Waals surface area (Å²) in [5.74, 6) is 0.850. The van der Waals surface area contributed by atoms with Crippen molar-refractivity contribution in [1.29, 1.82) is 0 Å². The minimum Gasteiger partial charge on any atom is -0.489 e. The molecule has 118 valence electrons.